The maximum atomic E-state index is 12.2. The lowest BCUT2D eigenvalue weighted by atomic mass is 10.1. The van der Waals surface area contributed by atoms with Crippen molar-refractivity contribution in [3.8, 4) is 17.2 Å². The molecule has 0 spiro atoms. The summed E-state index contributed by atoms with van der Waals surface area (Å²) in [4.78, 5) is 12.2. The fourth-order valence-electron chi connectivity index (χ4n) is 2.28. The van der Waals surface area contributed by atoms with Crippen LogP contribution in [-0.4, -0.2) is 19.3 Å². The molecule has 0 saturated carbocycles. The summed E-state index contributed by atoms with van der Waals surface area (Å²) in [7, 11) is 0. The standard InChI is InChI=1S/C17H17NO4/c1-2-20-14-6-4-3-5-13(14)18-17(19)10-12-7-8-15-16(9-12)22-11-21-15/h3-9H,2,10-11H2,1H3,(H,18,19). The van der Waals surface area contributed by atoms with Crippen molar-refractivity contribution in [3.05, 3.63) is 48.0 Å². The SMILES string of the molecule is CCOc1ccccc1NC(=O)Cc1ccc2c(c1)OCO2. The topological polar surface area (TPSA) is 56.8 Å². The second-order valence-corrected chi connectivity index (χ2v) is 4.84. The summed E-state index contributed by atoms with van der Waals surface area (Å²) in [5.41, 5.74) is 1.55. The van der Waals surface area contributed by atoms with Gasteiger partial charge >= 0.3 is 0 Å². The number of amides is 1. The molecule has 114 valence electrons. The molecule has 5 nitrogen and oxygen atoms in total. The van der Waals surface area contributed by atoms with E-state index in [1.54, 1.807) is 0 Å². The van der Waals surface area contributed by atoms with Crippen molar-refractivity contribution in [2.45, 2.75) is 13.3 Å². The minimum Gasteiger partial charge on any atom is -0.492 e. The Kier molecular flexibility index (Phi) is 4.14. The average molecular weight is 299 g/mol. The van der Waals surface area contributed by atoms with Crippen LogP contribution in [0.2, 0.25) is 0 Å². The van der Waals surface area contributed by atoms with E-state index in [0.717, 1.165) is 5.56 Å². The van der Waals surface area contributed by atoms with Gasteiger partial charge in [-0.05, 0) is 36.8 Å². The van der Waals surface area contributed by atoms with Gasteiger partial charge in [0.15, 0.2) is 11.5 Å². The highest BCUT2D eigenvalue weighted by Gasteiger charge is 2.15. The van der Waals surface area contributed by atoms with Crippen molar-refractivity contribution in [3.63, 3.8) is 0 Å². The molecule has 0 radical (unpaired) electrons. The summed E-state index contributed by atoms with van der Waals surface area (Å²) >= 11 is 0. The van der Waals surface area contributed by atoms with Gasteiger partial charge in [0.2, 0.25) is 12.7 Å². The monoisotopic (exact) mass is 299 g/mol. The molecule has 0 aliphatic carbocycles. The molecule has 0 atom stereocenters. The van der Waals surface area contributed by atoms with E-state index in [0.29, 0.717) is 29.5 Å². The van der Waals surface area contributed by atoms with Gasteiger partial charge in [0.05, 0.1) is 18.7 Å². The Balaban J connectivity index is 1.68. The number of ether oxygens (including phenoxy) is 3. The third-order valence-corrected chi connectivity index (χ3v) is 3.26. The summed E-state index contributed by atoms with van der Waals surface area (Å²) in [5.74, 6) is 1.96. The van der Waals surface area contributed by atoms with Crippen molar-refractivity contribution in [2.24, 2.45) is 0 Å². The Morgan fingerprint density at radius 2 is 2.00 bits per heavy atom. The highest BCUT2D eigenvalue weighted by molar-refractivity contribution is 5.93. The molecule has 0 saturated heterocycles. The largest absolute Gasteiger partial charge is 0.492 e. The van der Waals surface area contributed by atoms with E-state index in [9.17, 15) is 4.79 Å². The van der Waals surface area contributed by atoms with Crippen LogP contribution in [0.15, 0.2) is 42.5 Å². The molecular weight excluding hydrogens is 282 g/mol. The van der Waals surface area contributed by atoms with Crippen molar-refractivity contribution < 1.29 is 19.0 Å². The zero-order valence-corrected chi connectivity index (χ0v) is 12.3. The fraction of sp³-hybridized carbons (Fsp3) is 0.235. The van der Waals surface area contributed by atoms with Crippen LogP contribution in [0.5, 0.6) is 17.2 Å². The van der Waals surface area contributed by atoms with Crippen LogP contribution in [0, 0.1) is 0 Å². The van der Waals surface area contributed by atoms with E-state index in [2.05, 4.69) is 5.32 Å². The predicted molar refractivity (Wildman–Crippen MR) is 82.5 cm³/mol. The normalized spacial score (nSPS) is 12.0. The molecule has 2 aromatic rings. The number of anilines is 1. The van der Waals surface area contributed by atoms with Gasteiger partial charge in [0.1, 0.15) is 5.75 Å². The van der Waals surface area contributed by atoms with Crippen LogP contribution in [0.25, 0.3) is 0 Å². The van der Waals surface area contributed by atoms with Gasteiger partial charge in [-0.15, -0.1) is 0 Å². The van der Waals surface area contributed by atoms with E-state index in [1.807, 2.05) is 49.4 Å². The third-order valence-electron chi connectivity index (χ3n) is 3.26. The summed E-state index contributed by atoms with van der Waals surface area (Å²) in [6, 6.07) is 12.9. The molecule has 1 amide bonds. The number of benzene rings is 2. The lowest BCUT2D eigenvalue weighted by molar-refractivity contribution is -0.115. The zero-order valence-electron chi connectivity index (χ0n) is 12.3. The Morgan fingerprint density at radius 3 is 2.86 bits per heavy atom. The van der Waals surface area contributed by atoms with E-state index in [1.165, 1.54) is 0 Å². The quantitative estimate of drug-likeness (QED) is 0.922. The molecule has 0 fully saturated rings. The minimum atomic E-state index is -0.106. The number of carbonyl (C=O) groups excluding carboxylic acids is 1. The molecule has 1 aliphatic rings. The van der Waals surface area contributed by atoms with E-state index in [-0.39, 0.29) is 19.1 Å². The van der Waals surface area contributed by atoms with Gasteiger partial charge in [-0.1, -0.05) is 18.2 Å². The Hall–Kier alpha value is -2.69. The van der Waals surface area contributed by atoms with Crippen LogP contribution < -0.4 is 19.5 Å². The predicted octanol–water partition coefficient (Wildman–Crippen LogP) is 3.00. The first-order valence-electron chi connectivity index (χ1n) is 7.16. The summed E-state index contributed by atoms with van der Waals surface area (Å²) < 4.78 is 16.1. The number of fused-ring (bicyclic) bond motifs is 1. The van der Waals surface area contributed by atoms with Crippen molar-refractivity contribution in [2.75, 3.05) is 18.7 Å². The number of hydrogen-bond acceptors (Lipinski definition) is 4. The molecule has 1 heterocycles. The first-order valence-corrected chi connectivity index (χ1v) is 7.16. The lowest BCUT2D eigenvalue weighted by Crippen LogP contribution is -2.15. The van der Waals surface area contributed by atoms with Crippen molar-refractivity contribution in [1.82, 2.24) is 0 Å². The lowest BCUT2D eigenvalue weighted by Gasteiger charge is -2.11. The molecule has 2 aromatic carbocycles. The van der Waals surface area contributed by atoms with Gasteiger partial charge < -0.3 is 19.5 Å². The highest BCUT2D eigenvalue weighted by atomic mass is 16.7. The fourth-order valence-corrected chi connectivity index (χ4v) is 2.28. The molecule has 0 bridgehead atoms. The highest BCUT2D eigenvalue weighted by Crippen LogP contribution is 2.32. The Labute approximate surface area is 128 Å². The summed E-state index contributed by atoms with van der Waals surface area (Å²) in [6.45, 7) is 2.69. The van der Waals surface area contributed by atoms with Crippen LogP contribution in [0.1, 0.15) is 12.5 Å². The molecule has 1 aliphatic heterocycles. The van der Waals surface area contributed by atoms with Gasteiger partial charge in [-0.2, -0.15) is 0 Å². The first kappa shape index (κ1) is 14.3. The van der Waals surface area contributed by atoms with Crippen LogP contribution >= 0.6 is 0 Å². The van der Waals surface area contributed by atoms with E-state index < -0.39 is 0 Å². The zero-order chi connectivity index (χ0) is 15.4. The number of rotatable bonds is 5. The van der Waals surface area contributed by atoms with Gasteiger partial charge in [0.25, 0.3) is 0 Å². The van der Waals surface area contributed by atoms with Crippen molar-refractivity contribution in [1.29, 1.82) is 0 Å². The van der Waals surface area contributed by atoms with Crippen molar-refractivity contribution >= 4 is 11.6 Å². The molecule has 3 rings (SSSR count). The number of nitrogens with one attached hydrogen (secondary N) is 1. The molecular formula is C17H17NO4. The van der Waals surface area contributed by atoms with Gasteiger partial charge in [-0.25, -0.2) is 0 Å². The molecule has 5 heteroatoms. The van der Waals surface area contributed by atoms with Gasteiger partial charge in [0, 0.05) is 0 Å². The van der Waals surface area contributed by atoms with E-state index >= 15 is 0 Å². The van der Waals surface area contributed by atoms with E-state index in [4.69, 9.17) is 14.2 Å². The second kappa shape index (κ2) is 6.39. The van der Waals surface area contributed by atoms with Crippen LogP contribution in [-0.2, 0) is 11.2 Å². The average Bonchev–Trinajstić information content (AvgIpc) is 2.97. The Bertz CT molecular complexity index is 684. The number of carbonyl (C=O) groups is 1. The third kappa shape index (κ3) is 3.14. The minimum absolute atomic E-state index is 0.106. The maximum Gasteiger partial charge on any atom is 0.231 e. The number of para-hydroxylation sites is 2. The second-order valence-electron chi connectivity index (χ2n) is 4.84. The molecule has 22 heavy (non-hydrogen) atoms. The van der Waals surface area contributed by atoms with Gasteiger partial charge in [-0.3, -0.25) is 4.79 Å². The smallest absolute Gasteiger partial charge is 0.231 e. The Morgan fingerprint density at radius 1 is 1.18 bits per heavy atom. The molecule has 0 aromatic heterocycles. The summed E-state index contributed by atoms with van der Waals surface area (Å²) in [6.07, 6.45) is 0.261. The molecule has 0 unspecified atom stereocenters. The summed E-state index contributed by atoms with van der Waals surface area (Å²) in [5, 5.41) is 2.88. The van der Waals surface area contributed by atoms with Crippen LogP contribution in [0.4, 0.5) is 5.69 Å². The van der Waals surface area contributed by atoms with Crippen LogP contribution in [0.3, 0.4) is 0 Å². The molecule has 1 N–H and O–H groups in total. The first-order chi connectivity index (χ1) is 10.8. The maximum absolute atomic E-state index is 12.2. The number of hydrogen-bond donors (Lipinski definition) is 1.